The number of hydrogen-bond acceptors (Lipinski definition) is 4. The van der Waals surface area contributed by atoms with Gasteiger partial charge in [0.2, 0.25) is 0 Å². The standard InChI is InChI=1S/C11H11BrClNO5/c12-6-1-2-9(7(13)3-6)19-5-10(16)14-8(4-15)11(17)18/h1-3,8,15H,4-5H2,(H,14,16)(H,17,18)/t8-/m0/s1. The van der Waals surface area contributed by atoms with Gasteiger partial charge < -0.3 is 20.3 Å². The number of halogens is 2. The Labute approximate surface area is 122 Å². The van der Waals surface area contributed by atoms with E-state index in [-0.39, 0.29) is 0 Å². The molecule has 0 aliphatic carbocycles. The van der Waals surface area contributed by atoms with Crippen LogP contribution in [0.5, 0.6) is 5.75 Å². The average molecular weight is 353 g/mol. The lowest BCUT2D eigenvalue weighted by atomic mass is 10.3. The highest BCUT2D eigenvalue weighted by Crippen LogP contribution is 2.27. The molecule has 1 rings (SSSR count). The third-order valence-corrected chi connectivity index (χ3v) is 2.86. The van der Waals surface area contributed by atoms with Gasteiger partial charge in [0, 0.05) is 4.47 Å². The minimum atomic E-state index is -1.35. The van der Waals surface area contributed by atoms with Crippen LogP contribution in [0, 0.1) is 0 Å². The highest BCUT2D eigenvalue weighted by atomic mass is 79.9. The summed E-state index contributed by atoms with van der Waals surface area (Å²) >= 11 is 9.10. The number of hydrogen-bond donors (Lipinski definition) is 3. The molecule has 0 radical (unpaired) electrons. The van der Waals surface area contributed by atoms with Crippen LogP contribution in [0.25, 0.3) is 0 Å². The summed E-state index contributed by atoms with van der Waals surface area (Å²) in [4.78, 5) is 22.0. The lowest BCUT2D eigenvalue weighted by molar-refractivity contribution is -0.143. The molecule has 0 aromatic heterocycles. The van der Waals surface area contributed by atoms with Crippen LogP contribution < -0.4 is 10.1 Å². The topological polar surface area (TPSA) is 95.9 Å². The zero-order valence-electron chi connectivity index (χ0n) is 9.60. The lowest BCUT2D eigenvalue weighted by Crippen LogP contribution is -2.45. The van der Waals surface area contributed by atoms with Gasteiger partial charge in [-0.3, -0.25) is 4.79 Å². The Morgan fingerprint density at radius 1 is 1.47 bits per heavy atom. The van der Waals surface area contributed by atoms with Crippen molar-refractivity contribution in [2.45, 2.75) is 6.04 Å². The van der Waals surface area contributed by atoms with E-state index in [0.29, 0.717) is 10.8 Å². The fraction of sp³-hybridized carbons (Fsp3) is 0.273. The van der Waals surface area contributed by atoms with Crippen molar-refractivity contribution >= 4 is 39.4 Å². The molecule has 6 nitrogen and oxygen atoms in total. The van der Waals surface area contributed by atoms with Crippen LogP contribution in [0.1, 0.15) is 0 Å². The molecule has 0 fully saturated rings. The van der Waals surface area contributed by atoms with Crippen molar-refractivity contribution in [1.29, 1.82) is 0 Å². The minimum Gasteiger partial charge on any atom is -0.482 e. The summed E-state index contributed by atoms with van der Waals surface area (Å²) in [5.41, 5.74) is 0. The largest absolute Gasteiger partial charge is 0.482 e. The van der Waals surface area contributed by atoms with E-state index in [4.69, 9.17) is 26.6 Å². The monoisotopic (exact) mass is 351 g/mol. The molecule has 8 heteroatoms. The second-order valence-electron chi connectivity index (χ2n) is 3.50. The quantitative estimate of drug-likeness (QED) is 0.711. The maximum Gasteiger partial charge on any atom is 0.328 e. The van der Waals surface area contributed by atoms with E-state index >= 15 is 0 Å². The minimum absolute atomic E-state index is 0.302. The van der Waals surface area contributed by atoms with E-state index in [1.54, 1.807) is 18.2 Å². The first-order valence-electron chi connectivity index (χ1n) is 5.15. The molecule has 0 spiro atoms. The van der Waals surface area contributed by atoms with E-state index in [1.165, 1.54) is 0 Å². The Morgan fingerprint density at radius 2 is 2.16 bits per heavy atom. The molecule has 1 atom stereocenters. The van der Waals surface area contributed by atoms with E-state index in [1.807, 2.05) is 0 Å². The molecule has 0 bridgehead atoms. The third kappa shape index (κ3) is 5.06. The van der Waals surface area contributed by atoms with Crippen LogP contribution in [0.2, 0.25) is 5.02 Å². The number of rotatable bonds is 6. The summed E-state index contributed by atoms with van der Waals surface area (Å²) in [7, 11) is 0. The van der Waals surface area contributed by atoms with Gasteiger partial charge in [-0.05, 0) is 18.2 Å². The average Bonchev–Trinajstić information content (AvgIpc) is 2.34. The second-order valence-corrected chi connectivity index (χ2v) is 4.83. The van der Waals surface area contributed by atoms with Crippen LogP contribution in [0.3, 0.4) is 0 Å². The number of aliphatic carboxylic acids is 1. The number of carboxylic acid groups (broad SMARTS) is 1. The summed E-state index contributed by atoms with van der Waals surface area (Å²) in [6, 6.07) is 3.51. The van der Waals surface area contributed by atoms with Gasteiger partial charge in [0.25, 0.3) is 5.91 Å². The van der Waals surface area contributed by atoms with Crippen molar-refractivity contribution in [1.82, 2.24) is 5.32 Å². The summed E-state index contributed by atoms with van der Waals surface area (Å²) < 4.78 is 5.90. The van der Waals surface area contributed by atoms with E-state index < -0.39 is 31.1 Å². The Morgan fingerprint density at radius 3 is 2.68 bits per heavy atom. The summed E-state index contributed by atoms with van der Waals surface area (Å²) in [6.07, 6.45) is 0. The van der Waals surface area contributed by atoms with E-state index in [9.17, 15) is 9.59 Å². The first-order chi connectivity index (χ1) is 8.93. The van der Waals surface area contributed by atoms with Gasteiger partial charge in [0.15, 0.2) is 6.61 Å². The van der Waals surface area contributed by atoms with Gasteiger partial charge in [0.1, 0.15) is 11.8 Å². The van der Waals surface area contributed by atoms with Crippen LogP contribution >= 0.6 is 27.5 Å². The van der Waals surface area contributed by atoms with Gasteiger partial charge in [-0.25, -0.2) is 4.79 Å². The third-order valence-electron chi connectivity index (χ3n) is 2.07. The number of nitrogens with one attached hydrogen (secondary N) is 1. The highest BCUT2D eigenvalue weighted by Gasteiger charge is 2.18. The van der Waals surface area contributed by atoms with Gasteiger partial charge in [-0.2, -0.15) is 0 Å². The molecule has 0 aliphatic heterocycles. The molecule has 0 unspecified atom stereocenters. The van der Waals surface area contributed by atoms with Gasteiger partial charge >= 0.3 is 5.97 Å². The zero-order valence-corrected chi connectivity index (χ0v) is 11.9. The smallest absolute Gasteiger partial charge is 0.328 e. The molecule has 0 heterocycles. The fourth-order valence-electron chi connectivity index (χ4n) is 1.16. The SMILES string of the molecule is O=C(COc1ccc(Br)cc1Cl)N[C@@H](CO)C(=O)O. The van der Waals surface area contributed by atoms with Crippen molar-refractivity contribution in [3.63, 3.8) is 0 Å². The van der Waals surface area contributed by atoms with Gasteiger partial charge in [-0.1, -0.05) is 27.5 Å². The molecule has 1 aromatic rings. The van der Waals surface area contributed by atoms with Crippen LogP contribution in [-0.4, -0.2) is 41.3 Å². The number of carbonyl (C=O) groups is 2. The van der Waals surface area contributed by atoms with Crippen LogP contribution in [-0.2, 0) is 9.59 Å². The molecule has 3 N–H and O–H groups in total. The number of amides is 1. The van der Waals surface area contributed by atoms with Crippen molar-refractivity contribution in [3.05, 3.63) is 27.7 Å². The first-order valence-corrected chi connectivity index (χ1v) is 6.32. The highest BCUT2D eigenvalue weighted by molar-refractivity contribution is 9.10. The molecule has 19 heavy (non-hydrogen) atoms. The zero-order chi connectivity index (χ0) is 14.4. The molecule has 0 aliphatic rings. The fourth-order valence-corrected chi connectivity index (χ4v) is 1.89. The van der Waals surface area contributed by atoms with E-state index in [2.05, 4.69) is 21.2 Å². The van der Waals surface area contributed by atoms with Gasteiger partial charge in [-0.15, -0.1) is 0 Å². The Balaban J connectivity index is 2.52. The molecule has 1 aromatic carbocycles. The summed E-state index contributed by atoms with van der Waals surface area (Å²) in [5.74, 6) is -1.69. The Hall–Kier alpha value is -1.31. The van der Waals surface area contributed by atoms with Crippen LogP contribution in [0.4, 0.5) is 0 Å². The van der Waals surface area contributed by atoms with Crippen LogP contribution in [0.15, 0.2) is 22.7 Å². The van der Waals surface area contributed by atoms with Crippen molar-refractivity contribution in [2.75, 3.05) is 13.2 Å². The number of ether oxygens (including phenoxy) is 1. The summed E-state index contributed by atoms with van der Waals surface area (Å²) in [5, 5.41) is 19.8. The van der Waals surface area contributed by atoms with Crippen molar-refractivity contribution in [3.8, 4) is 5.75 Å². The Bertz CT molecular complexity index is 482. The molecule has 104 valence electrons. The Kier molecular flexibility index (Phi) is 6.07. The second kappa shape index (κ2) is 7.32. The van der Waals surface area contributed by atoms with E-state index in [0.717, 1.165) is 4.47 Å². The predicted molar refractivity (Wildman–Crippen MR) is 71.3 cm³/mol. The molecule has 1 amide bonds. The number of aliphatic hydroxyl groups is 1. The summed E-state index contributed by atoms with van der Waals surface area (Å²) in [6.45, 7) is -1.09. The molecular formula is C11H11BrClNO5. The predicted octanol–water partition coefficient (Wildman–Crippen LogP) is 1.04. The normalized spacial score (nSPS) is 11.7. The molecular weight excluding hydrogens is 341 g/mol. The number of benzene rings is 1. The number of carbonyl (C=O) groups excluding carboxylic acids is 1. The maximum atomic E-state index is 11.4. The molecule has 0 saturated carbocycles. The maximum absolute atomic E-state index is 11.4. The number of carboxylic acids is 1. The molecule has 0 saturated heterocycles. The first kappa shape index (κ1) is 15.7. The number of aliphatic hydroxyl groups excluding tert-OH is 1. The lowest BCUT2D eigenvalue weighted by Gasteiger charge is -2.12. The van der Waals surface area contributed by atoms with Gasteiger partial charge in [0.05, 0.1) is 11.6 Å². The van der Waals surface area contributed by atoms with Crippen molar-refractivity contribution < 1.29 is 24.5 Å². The van der Waals surface area contributed by atoms with Crippen molar-refractivity contribution in [2.24, 2.45) is 0 Å².